The molecule has 218 valence electrons. The second kappa shape index (κ2) is 11.7. The number of carbonyl (C=O) groups is 1. The lowest BCUT2D eigenvalue weighted by molar-refractivity contribution is -0.184. The number of ether oxygens (including phenoxy) is 2. The van der Waals surface area contributed by atoms with Crippen LogP contribution in [0.3, 0.4) is 0 Å². The van der Waals surface area contributed by atoms with Gasteiger partial charge >= 0.3 is 5.97 Å². The van der Waals surface area contributed by atoms with E-state index in [0.717, 1.165) is 45.1 Å². The van der Waals surface area contributed by atoms with Gasteiger partial charge in [-0.05, 0) is 131 Å². The molecule has 5 heteroatoms. The number of esters is 1. The van der Waals surface area contributed by atoms with E-state index in [1.807, 2.05) is 0 Å². The van der Waals surface area contributed by atoms with Crippen LogP contribution in [-0.4, -0.2) is 48.6 Å². The van der Waals surface area contributed by atoms with Gasteiger partial charge in [-0.2, -0.15) is 0 Å². The van der Waals surface area contributed by atoms with Crippen LogP contribution in [0.25, 0.3) is 0 Å². The van der Waals surface area contributed by atoms with E-state index in [9.17, 15) is 9.90 Å². The Labute approximate surface area is 232 Å². The van der Waals surface area contributed by atoms with Gasteiger partial charge in [0.15, 0.2) is 0 Å². The third-order valence-corrected chi connectivity index (χ3v) is 12.2. The number of carbonyl (C=O) groups excluding carboxylic acids is 1. The molecule has 2 N–H and O–H groups in total. The van der Waals surface area contributed by atoms with Crippen molar-refractivity contribution >= 4 is 5.97 Å². The van der Waals surface area contributed by atoms with E-state index < -0.39 is 0 Å². The van der Waals surface area contributed by atoms with E-state index in [0.29, 0.717) is 42.2 Å². The molecule has 0 amide bonds. The van der Waals surface area contributed by atoms with Crippen molar-refractivity contribution < 1.29 is 19.4 Å². The summed E-state index contributed by atoms with van der Waals surface area (Å²) >= 11 is 0. The summed E-state index contributed by atoms with van der Waals surface area (Å²) in [5.41, 5.74) is 0.179. The van der Waals surface area contributed by atoms with Crippen LogP contribution < -0.4 is 5.32 Å². The zero-order valence-corrected chi connectivity index (χ0v) is 25.1. The highest BCUT2D eigenvalue weighted by molar-refractivity contribution is 5.74. The Balaban J connectivity index is 1.41. The van der Waals surface area contributed by atoms with Gasteiger partial charge < -0.3 is 19.9 Å². The lowest BCUT2D eigenvalue weighted by Crippen LogP contribution is -2.64. The second-order valence-corrected chi connectivity index (χ2v) is 14.9. The van der Waals surface area contributed by atoms with Gasteiger partial charge in [0.05, 0.1) is 18.1 Å². The van der Waals surface area contributed by atoms with Crippen LogP contribution in [0, 0.1) is 46.3 Å². The average molecular weight is 532 g/mol. The maximum atomic E-state index is 13.7. The highest BCUT2D eigenvalue weighted by Gasteiger charge is 2.65. The monoisotopic (exact) mass is 531 g/mol. The fourth-order valence-electron chi connectivity index (χ4n) is 10.4. The van der Waals surface area contributed by atoms with Gasteiger partial charge in [0.2, 0.25) is 0 Å². The van der Waals surface area contributed by atoms with Gasteiger partial charge in [0.25, 0.3) is 0 Å². The number of nitrogens with one attached hydrogen (secondary N) is 1. The lowest BCUT2D eigenvalue weighted by atomic mass is 9.43. The SMILES string of the molecule is CCOC1C[C@@]2(C)C(CC[C@@H]3[C@H]2C(NCCC(C)C)C[C@]2(C)C(C(=O)OC4CCCCC4)CC[C@@H]32)CC1O. The predicted octanol–water partition coefficient (Wildman–Crippen LogP) is 6.51. The number of aliphatic hydroxyl groups excluding tert-OH is 1. The Morgan fingerprint density at radius 3 is 2.47 bits per heavy atom. The third-order valence-electron chi connectivity index (χ3n) is 12.2. The maximum absolute atomic E-state index is 13.7. The van der Waals surface area contributed by atoms with Crippen LogP contribution in [0.1, 0.15) is 118 Å². The Kier molecular flexibility index (Phi) is 8.88. The van der Waals surface area contributed by atoms with Crippen LogP contribution in [-0.2, 0) is 14.3 Å². The van der Waals surface area contributed by atoms with E-state index in [2.05, 4.69) is 39.9 Å². The number of rotatable bonds is 8. The Morgan fingerprint density at radius 1 is 1.00 bits per heavy atom. The molecule has 5 fully saturated rings. The summed E-state index contributed by atoms with van der Waals surface area (Å²) in [6, 6.07) is 0.411. The van der Waals surface area contributed by atoms with E-state index >= 15 is 0 Å². The second-order valence-electron chi connectivity index (χ2n) is 14.9. The number of aliphatic hydroxyl groups is 1. The fraction of sp³-hybridized carbons (Fsp3) is 0.970. The summed E-state index contributed by atoms with van der Waals surface area (Å²) in [5.74, 6) is 3.19. The van der Waals surface area contributed by atoms with Crippen molar-refractivity contribution in [1.82, 2.24) is 5.32 Å². The molecule has 0 spiro atoms. The standard InChI is InChI=1S/C33H57NO4/c1-6-37-29-20-32(4)22(18-28(29)35)12-13-24-25-14-15-26(31(36)38-23-10-8-7-9-11-23)33(25,5)19-27(30(24)32)34-17-16-21(2)3/h21-30,34-35H,6-20H2,1-5H3/t22?,24-,25-,26?,27?,28?,29?,30-,32-,33-/m0/s1. The third kappa shape index (κ3) is 5.34. The Hall–Kier alpha value is -0.650. The van der Waals surface area contributed by atoms with Gasteiger partial charge in [0.1, 0.15) is 6.10 Å². The minimum atomic E-state index is -0.337. The van der Waals surface area contributed by atoms with Crippen molar-refractivity contribution in [3.8, 4) is 0 Å². The quantitative estimate of drug-likeness (QED) is 0.350. The molecule has 5 saturated carbocycles. The smallest absolute Gasteiger partial charge is 0.309 e. The number of hydrogen-bond acceptors (Lipinski definition) is 5. The van der Waals surface area contributed by atoms with Gasteiger partial charge in [0, 0.05) is 12.6 Å². The summed E-state index contributed by atoms with van der Waals surface area (Å²) in [6.45, 7) is 13.4. The van der Waals surface area contributed by atoms with Crippen LogP contribution in [0.2, 0.25) is 0 Å². The van der Waals surface area contributed by atoms with Gasteiger partial charge in [-0.3, -0.25) is 4.79 Å². The molecule has 38 heavy (non-hydrogen) atoms. The van der Waals surface area contributed by atoms with E-state index in [1.54, 1.807) is 0 Å². The van der Waals surface area contributed by atoms with Crippen molar-refractivity contribution in [1.29, 1.82) is 0 Å². The van der Waals surface area contributed by atoms with Gasteiger partial charge in [-0.1, -0.05) is 34.1 Å². The normalized spacial score (nSPS) is 45.3. The minimum absolute atomic E-state index is 0.0130. The summed E-state index contributed by atoms with van der Waals surface area (Å²) in [6.07, 6.45) is 14.2. The molecule has 0 heterocycles. The zero-order chi connectivity index (χ0) is 27.1. The fourth-order valence-corrected chi connectivity index (χ4v) is 10.4. The number of hydrogen-bond donors (Lipinski definition) is 2. The zero-order valence-electron chi connectivity index (χ0n) is 25.1. The molecule has 0 aliphatic heterocycles. The summed E-state index contributed by atoms with van der Waals surface area (Å²) in [7, 11) is 0. The molecule has 0 aromatic heterocycles. The van der Waals surface area contributed by atoms with Crippen LogP contribution in [0.5, 0.6) is 0 Å². The molecule has 0 saturated heterocycles. The molecule has 5 aliphatic rings. The summed E-state index contributed by atoms with van der Waals surface area (Å²) < 4.78 is 12.4. The molecule has 10 atom stereocenters. The first-order valence-electron chi connectivity index (χ1n) is 16.4. The number of fused-ring (bicyclic) bond motifs is 5. The maximum Gasteiger partial charge on any atom is 0.309 e. The van der Waals surface area contributed by atoms with Crippen LogP contribution >= 0.6 is 0 Å². The first kappa shape index (κ1) is 28.9. The van der Waals surface area contributed by atoms with E-state index in [-0.39, 0.29) is 41.0 Å². The lowest BCUT2D eigenvalue weighted by Gasteiger charge is -2.64. The first-order valence-corrected chi connectivity index (χ1v) is 16.4. The molecule has 5 unspecified atom stereocenters. The van der Waals surface area contributed by atoms with Crippen molar-refractivity contribution in [2.24, 2.45) is 46.3 Å². The largest absolute Gasteiger partial charge is 0.462 e. The Morgan fingerprint density at radius 2 is 1.76 bits per heavy atom. The van der Waals surface area contributed by atoms with Crippen LogP contribution in [0.15, 0.2) is 0 Å². The van der Waals surface area contributed by atoms with Crippen molar-refractivity contribution in [2.45, 2.75) is 142 Å². The van der Waals surface area contributed by atoms with E-state index in [1.165, 1.54) is 44.9 Å². The molecule has 0 aromatic carbocycles. The first-order chi connectivity index (χ1) is 18.2. The van der Waals surface area contributed by atoms with E-state index in [4.69, 9.17) is 9.47 Å². The average Bonchev–Trinajstić information content (AvgIpc) is 3.22. The van der Waals surface area contributed by atoms with Crippen molar-refractivity contribution in [3.63, 3.8) is 0 Å². The molecule has 0 aromatic rings. The highest BCUT2D eigenvalue weighted by Crippen LogP contribution is 2.67. The van der Waals surface area contributed by atoms with Crippen molar-refractivity contribution in [3.05, 3.63) is 0 Å². The molecular formula is C33H57NO4. The molecule has 5 nitrogen and oxygen atoms in total. The molecule has 0 radical (unpaired) electrons. The molecular weight excluding hydrogens is 474 g/mol. The molecule has 5 rings (SSSR count). The predicted molar refractivity (Wildman–Crippen MR) is 152 cm³/mol. The van der Waals surface area contributed by atoms with Crippen LogP contribution in [0.4, 0.5) is 0 Å². The van der Waals surface area contributed by atoms with Crippen molar-refractivity contribution in [2.75, 3.05) is 13.2 Å². The topological polar surface area (TPSA) is 67.8 Å². The Bertz CT molecular complexity index is 811. The highest BCUT2D eigenvalue weighted by atomic mass is 16.5. The summed E-state index contributed by atoms with van der Waals surface area (Å²) in [5, 5.41) is 15.0. The molecule has 0 bridgehead atoms. The van der Waals surface area contributed by atoms with Gasteiger partial charge in [-0.15, -0.1) is 0 Å². The summed E-state index contributed by atoms with van der Waals surface area (Å²) in [4.78, 5) is 13.7. The van der Waals surface area contributed by atoms with Gasteiger partial charge in [-0.25, -0.2) is 0 Å². The molecule has 5 aliphatic carbocycles. The minimum Gasteiger partial charge on any atom is -0.462 e.